The number of anilines is 1. The van der Waals surface area contributed by atoms with Crippen molar-refractivity contribution in [1.82, 2.24) is 5.32 Å². The van der Waals surface area contributed by atoms with Gasteiger partial charge in [-0.1, -0.05) is 26.0 Å². The van der Waals surface area contributed by atoms with Crippen molar-refractivity contribution in [1.29, 1.82) is 0 Å². The van der Waals surface area contributed by atoms with E-state index in [1.807, 2.05) is 19.9 Å². The van der Waals surface area contributed by atoms with Gasteiger partial charge in [0.2, 0.25) is 5.91 Å². The van der Waals surface area contributed by atoms with Gasteiger partial charge in [-0.05, 0) is 56.9 Å². The average molecular weight is 631 g/mol. The van der Waals surface area contributed by atoms with E-state index < -0.39 is 57.8 Å². The lowest BCUT2D eigenvalue weighted by molar-refractivity contribution is -0.373. The number of nitrogens with one attached hydrogen (secondary N) is 2. The highest BCUT2D eigenvalue weighted by molar-refractivity contribution is 6.00. The van der Waals surface area contributed by atoms with Gasteiger partial charge in [-0.3, -0.25) is 4.79 Å². The van der Waals surface area contributed by atoms with Gasteiger partial charge in [0.15, 0.2) is 0 Å². The molecule has 11 heteroatoms. The third-order valence-electron chi connectivity index (χ3n) is 11.8. The van der Waals surface area contributed by atoms with Crippen LogP contribution in [-0.4, -0.2) is 96.2 Å². The summed E-state index contributed by atoms with van der Waals surface area (Å²) in [5.41, 5.74) is -7.82. The molecule has 0 heterocycles. The molecule has 0 radical (unpaired) electrons. The van der Waals surface area contributed by atoms with E-state index in [9.17, 15) is 24.9 Å². The molecule has 4 aliphatic rings. The number of rotatable bonds is 10. The smallest absolute Gasteiger partial charge is 0.340 e. The summed E-state index contributed by atoms with van der Waals surface area (Å²) in [5.74, 6) is -1.84. The molecule has 0 saturated heterocycles. The summed E-state index contributed by atoms with van der Waals surface area (Å²) < 4.78 is 24.5. The molecule has 250 valence electrons. The predicted molar refractivity (Wildman–Crippen MR) is 166 cm³/mol. The van der Waals surface area contributed by atoms with Crippen molar-refractivity contribution in [3.05, 3.63) is 41.7 Å². The van der Waals surface area contributed by atoms with Crippen LogP contribution in [0.4, 0.5) is 5.69 Å². The third-order valence-corrected chi connectivity index (χ3v) is 11.8. The monoisotopic (exact) mass is 630 g/mol. The highest BCUT2D eigenvalue weighted by atomic mass is 16.6. The molecule has 1 spiro atoms. The lowest BCUT2D eigenvalue weighted by Crippen LogP contribution is -2.85. The molecule has 5 rings (SSSR count). The Bertz CT molecular complexity index is 1330. The second kappa shape index (κ2) is 11.9. The number of carbonyl (C=O) groups is 2. The topological polar surface area (TPSA) is 156 Å². The molecule has 5 N–H and O–H groups in total. The van der Waals surface area contributed by atoms with E-state index in [0.29, 0.717) is 37.3 Å². The molecular weight excluding hydrogens is 580 g/mol. The van der Waals surface area contributed by atoms with Crippen molar-refractivity contribution < 1.29 is 43.9 Å². The van der Waals surface area contributed by atoms with Crippen LogP contribution in [0.15, 0.2) is 36.1 Å². The number of hydrogen-bond donors (Lipinski definition) is 5. The van der Waals surface area contributed by atoms with E-state index in [1.54, 1.807) is 45.4 Å². The molecule has 45 heavy (non-hydrogen) atoms. The van der Waals surface area contributed by atoms with Crippen LogP contribution in [0.25, 0.3) is 0 Å². The van der Waals surface area contributed by atoms with Crippen LogP contribution in [-0.2, 0) is 23.7 Å². The van der Waals surface area contributed by atoms with E-state index in [1.165, 1.54) is 14.0 Å². The quantitative estimate of drug-likeness (QED) is 0.244. The molecule has 2 bridgehead atoms. The van der Waals surface area contributed by atoms with E-state index in [0.717, 1.165) is 0 Å². The number of likely N-dealkylation sites (N-methyl/N-ethyl adjacent to an activating group) is 1. The van der Waals surface area contributed by atoms with Gasteiger partial charge < -0.3 is 44.9 Å². The largest absolute Gasteiger partial charge is 0.501 e. The van der Waals surface area contributed by atoms with Gasteiger partial charge >= 0.3 is 5.97 Å². The van der Waals surface area contributed by atoms with Crippen molar-refractivity contribution in [2.45, 2.75) is 94.4 Å². The first kappa shape index (κ1) is 33.8. The molecule has 1 amide bonds. The minimum Gasteiger partial charge on any atom is -0.501 e. The van der Waals surface area contributed by atoms with E-state index >= 15 is 0 Å². The van der Waals surface area contributed by atoms with Crippen molar-refractivity contribution in [3.63, 3.8) is 0 Å². The van der Waals surface area contributed by atoms with Gasteiger partial charge in [0, 0.05) is 52.4 Å². The number of carbonyl (C=O) groups excluding carboxylic acids is 2. The fraction of sp³-hybridized carbons (Fsp3) is 0.706. The van der Waals surface area contributed by atoms with E-state index in [-0.39, 0.29) is 36.8 Å². The minimum absolute atomic E-state index is 0.109. The highest BCUT2D eigenvalue weighted by Crippen LogP contribution is 2.75. The zero-order valence-corrected chi connectivity index (χ0v) is 27.5. The minimum atomic E-state index is -2.12. The number of esters is 1. The zero-order valence-electron chi connectivity index (χ0n) is 27.5. The molecule has 0 aliphatic heterocycles. The lowest BCUT2D eigenvalue weighted by Gasteiger charge is -2.69. The summed E-state index contributed by atoms with van der Waals surface area (Å²) >= 11 is 0. The van der Waals surface area contributed by atoms with Gasteiger partial charge in [0.05, 0.1) is 36.0 Å². The SMILES string of the molecule is CCNC[C@]1(OC(=O)c2ccccc2NC(C)=O)CC=C(OC)C23CC(C[C@@H]21)[C@@]1(O)C[C@H](OC)[C@@H](CC)[C@H](OC)[C@@]1(O)[C@]3(C)O. The maximum atomic E-state index is 14.1. The van der Waals surface area contributed by atoms with E-state index in [2.05, 4.69) is 10.6 Å². The lowest BCUT2D eigenvalue weighted by atomic mass is 9.43. The van der Waals surface area contributed by atoms with Gasteiger partial charge in [-0.15, -0.1) is 0 Å². The molecule has 3 fully saturated rings. The Morgan fingerprint density at radius 3 is 2.36 bits per heavy atom. The third kappa shape index (κ3) is 4.52. The maximum absolute atomic E-state index is 14.1. The molecular formula is C34H50N2O9. The van der Waals surface area contributed by atoms with Crippen molar-refractivity contribution >= 4 is 17.6 Å². The summed E-state index contributed by atoms with van der Waals surface area (Å²) in [4.78, 5) is 26.0. The van der Waals surface area contributed by atoms with Crippen LogP contribution in [0.2, 0.25) is 0 Å². The van der Waals surface area contributed by atoms with Crippen LogP contribution >= 0.6 is 0 Å². The van der Waals surface area contributed by atoms with Crippen LogP contribution in [0.3, 0.4) is 0 Å². The Morgan fingerprint density at radius 1 is 1.04 bits per heavy atom. The van der Waals surface area contributed by atoms with Crippen LogP contribution in [0, 0.1) is 23.2 Å². The number of ether oxygens (including phenoxy) is 4. The van der Waals surface area contributed by atoms with Crippen molar-refractivity contribution in [2.24, 2.45) is 23.2 Å². The molecule has 0 aromatic heterocycles. The Morgan fingerprint density at radius 2 is 1.76 bits per heavy atom. The second-order valence-electron chi connectivity index (χ2n) is 13.6. The van der Waals surface area contributed by atoms with Gasteiger partial charge in [-0.2, -0.15) is 0 Å². The van der Waals surface area contributed by atoms with Crippen LogP contribution in [0.1, 0.15) is 70.2 Å². The van der Waals surface area contributed by atoms with Gasteiger partial charge in [-0.25, -0.2) is 4.79 Å². The molecule has 1 aromatic rings. The first-order valence-corrected chi connectivity index (χ1v) is 16.1. The highest BCUT2D eigenvalue weighted by Gasteiger charge is 2.85. The normalized spacial score (nSPS) is 41.8. The van der Waals surface area contributed by atoms with Crippen LogP contribution in [0.5, 0.6) is 0 Å². The molecule has 2 unspecified atom stereocenters. The molecule has 1 aromatic carbocycles. The standard InChI is InChI=1S/C34H50N2O9/c1-8-22-25(42-5)18-33(40)21-16-26-31(19-35-9-2,45-29(38)23-12-10-11-13-24(23)36-20(3)37)15-14-27(43-6)32(26,17-21)30(4,39)34(33,41)28(22)44-7/h10-14,21-22,25-26,28,35,39-41H,8-9,15-19H2,1-7H3,(H,36,37)/t21?,22-,25+,26-,28+,30-,31-,32?,33+,34-/m1/s1. The van der Waals surface area contributed by atoms with E-state index in [4.69, 9.17) is 18.9 Å². The fourth-order valence-electron chi connectivity index (χ4n) is 9.87. The van der Waals surface area contributed by atoms with Crippen molar-refractivity contribution in [2.75, 3.05) is 39.7 Å². The number of para-hydroxylation sites is 1. The summed E-state index contributed by atoms with van der Waals surface area (Å²) in [5, 5.41) is 44.8. The first-order valence-electron chi connectivity index (χ1n) is 16.1. The number of methoxy groups -OCH3 is 3. The van der Waals surface area contributed by atoms with Crippen molar-refractivity contribution in [3.8, 4) is 0 Å². The number of fused-ring (bicyclic) bond motifs is 3. The Hall–Kier alpha value is -2.54. The zero-order chi connectivity index (χ0) is 33.0. The Balaban J connectivity index is 1.69. The summed E-state index contributed by atoms with van der Waals surface area (Å²) in [6.07, 6.45) is 2.08. The Labute approximate surface area is 265 Å². The number of benzene rings is 1. The van der Waals surface area contributed by atoms with Gasteiger partial charge in [0.1, 0.15) is 28.2 Å². The molecule has 3 saturated carbocycles. The number of hydrogen-bond acceptors (Lipinski definition) is 10. The summed E-state index contributed by atoms with van der Waals surface area (Å²) in [7, 11) is 4.63. The first-order chi connectivity index (χ1) is 21.3. The molecule has 4 aliphatic carbocycles. The van der Waals surface area contributed by atoms with Gasteiger partial charge in [0.25, 0.3) is 0 Å². The van der Waals surface area contributed by atoms with Crippen LogP contribution < -0.4 is 10.6 Å². The molecule has 10 atom stereocenters. The maximum Gasteiger partial charge on any atom is 0.340 e. The summed E-state index contributed by atoms with van der Waals surface area (Å²) in [6.45, 7) is 7.72. The molecule has 11 nitrogen and oxygen atoms in total. The number of amides is 1. The fourth-order valence-corrected chi connectivity index (χ4v) is 9.87. The predicted octanol–water partition coefficient (Wildman–Crippen LogP) is 2.78. The summed E-state index contributed by atoms with van der Waals surface area (Å²) in [6, 6.07) is 6.67. The number of aliphatic hydroxyl groups is 3. The average Bonchev–Trinajstić information content (AvgIpc) is 3.43. The Kier molecular flexibility index (Phi) is 8.96. The second-order valence-corrected chi connectivity index (χ2v) is 13.6.